The third kappa shape index (κ3) is 11.5. The third-order valence-electron chi connectivity index (χ3n) is 10.5. The Hall–Kier alpha value is -5.98. The molecule has 1 aliphatic rings. The highest BCUT2D eigenvalue weighted by atomic mass is 31.3. The fourth-order valence-electron chi connectivity index (χ4n) is 6.75. The number of hydrogen-bond donors (Lipinski definition) is 0. The molecule has 8 rings (SSSR count). The first-order valence-corrected chi connectivity index (χ1v) is 28.4. The summed E-state index contributed by atoms with van der Waals surface area (Å²) in [5.41, 5.74) is 5.52. The van der Waals surface area contributed by atoms with Gasteiger partial charge in [0.15, 0.2) is 0 Å². The summed E-state index contributed by atoms with van der Waals surface area (Å²) >= 11 is 0. The van der Waals surface area contributed by atoms with Gasteiger partial charge in [-0.3, -0.25) is 4.52 Å². The quantitative estimate of drug-likeness (QED) is 0.0827. The molecule has 0 bridgehead atoms. The zero-order chi connectivity index (χ0) is 47.8. The standard InChI is InChI=1S/C52H56N4O8P4/c1-9-38-57-65(58-46-31-17-10-24-39(46)2)53-66(59-47-32-18-11-25-40(47)3,60-48-33-19-12-26-41(48)4)55-68(63-51-36-22-15-29-44(51)7,64-52-37-23-16-30-45(52)8)56-67(54-65,61-49-34-20-13-27-42(49)5)62-50-35-21-14-28-43(50)6/h10-37H,9,38H2,1-8H3. The van der Waals surface area contributed by atoms with Crippen molar-refractivity contribution >= 4 is 30.6 Å². The molecule has 68 heavy (non-hydrogen) atoms. The first kappa shape index (κ1) is 48.5. The smallest absolute Gasteiger partial charge is 0.422 e. The van der Waals surface area contributed by atoms with E-state index in [2.05, 4.69) is 0 Å². The van der Waals surface area contributed by atoms with Gasteiger partial charge in [-0.1, -0.05) is 143 Å². The maximum Gasteiger partial charge on any atom is 0.460 e. The summed E-state index contributed by atoms with van der Waals surface area (Å²) in [6.07, 6.45) is 0.563. The molecule has 0 aromatic heterocycles. The van der Waals surface area contributed by atoms with Crippen LogP contribution in [0.25, 0.3) is 0 Å². The lowest BCUT2D eigenvalue weighted by Crippen LogP contribution is -2.11. The predicted molar refractivity (Wildman–Crippen MR) is 276 cm³/mol. The highest BCUT2D eigenvalue weighted by molar-refractivity contribution is 7.79. The van der Waals surface area contributed by atoms with Crippen LogP contribution in [-0.4, -0.2) is 6.61 Å². The molecule has 352 valence electrons. The Labute approximate surface area is 400 Å². The Morgan fingerprint density at radius 2 is 0.456 bits per heavy atom. The molecule has 1 atom stereocenters. The minimum atomic E-state index is -4.42. The molecule has 0 fully saturated rings. The Balaban J connectivity index is 1.64. The van der Waals surface area contributed by atoms with Gasteiger partial charge in [0.2, 0.25) is 0 Å². The van der Waals surface area contributed by atoms with E-state index in [1.54, 1.807) is 0 Å². The van der Waals surface area contributed by atoms with Crippen molar-refractivity contribution in [1.29, 1.82) is 0 Å². The molecule has 0 radical (unpaired) electrons. The second-order valence-electron chi connectivity index (χ2n) is 16.2. The predicted octanol–water partition coefficient (Wildman–Crippen LogP) is 17.9. The highest BCUT2D eigenvalue weighted by Crippen LogP contribution is 2.80. The molecule has 0 saturated carbocycles. The third-order valence-corrected chi connectivity index (χ3v) is 21.3. The van der Waals surface area contributed by atoms with Crippen LogP contribution in [0.1, 0.15) is 52.3 Å². The van der Waals surface area contributed by atoms with Crippen LogP contribution in [0.15, 0.2) is 188 Å². The van der Waals surface area contributed by atoms with E-state index in [0.717, 1.165) is 38.9 Å². The van der Waals surface area contributed by atoms with E-state index < -0.39 is 30.6 Å². The lowest BCUT2D eigenvalue weighted by molar-refractivity contribution is 0.304. The van der Waals surface area contributed by atoms with Gasteiger partial charge in [0, 0.05) is 0 Å². The zero-order valence-electron chi connectivity index (χ0n) is 39.4. The van der Waals surface area contributed by atoms with Crippen LogP contribution in [0.4, 0.5) is 0 Å². The first-order chi connectivity index (χ1) is 32.8. The van der Waals surface area contributed by atoms with Crippen molar-refractivity contribution in [1.82, 2.24) is 0 Å². The fourth-order valence-corrected chi connectivity index (χ4v) is 19.5. The topological polar surface area (TPSA) is 123 Å². The van der Waals surface area contributed by atoms with Crippen molar-refractivity contribution in [2.45, 2.75) is 61.8 Å². The summed E-state index contributed by atoms with van der Waals surface area (Å²) in [5, 5.41) is 0. The average Bonchev–Trinajstić information content (AvgIpc) is 3.31. The second kappa shape index (κ2) is 21.1. The summed E-state index contributed by atoms with van der Waals surface area (Å²) < 4.78 is 80.9. The van der Waals surface area contributed by atoms with Crippen molar-refractivity contribution in [3.8, 4) is 40.2 Å². The van der Waals surface area contributed by atoms with Gasteiger partial charge in [0.05, 0.1) is 6.61 Å². The van der Waals surface area contributed by atoms with Crippen LogP contribution in [0, 0.1) is 48.5 Å². The van der Waals surface area contributed by atoms with Gasteiger partial charge in [0.25, 0.3) is 0 Å². The van der Waals surface area contributed by atoms with Crippen LogP contribution in [0.5, 0.6) is 40.2 Å². The lowest BCUT2D eigenvalue weighted by atomic mass is 10.2. The molecule has 7 aromatic rings. The molecule has 0 N–H and O–H groups in total. The first-order valence-electron chi connectivity index (χ1n) is 22.3. The Morgan fingerprint density at radius 1 is 0.279 bits per heavy atom. The van der Waals surface area contributed by atoms with E-state index in [1.807, 2.05) is 225 Å². The minimum absolute atomic E-state index is 0.149. The number of aryl methyl sites for hydroxylation is 7. The maximum atomic E-state index is 7.34. The molecule has 7 aromatic carbocycles. The monoisotopic (exact) mass is 988 g/mol. The number of nitrogens with zero attached hydrogens (tertiary/aromatic N) is 4. The van der Waals surface area contributed by atoms with E-state index in [0.29, 0.717) is 46.7 Å². The van der Waals surface area contributed by atoms with Gasteiger partial charge in [0.1, 0.15) is 40.2 Å². The summed E-state index contributed by atoms with van der Waals surface area (Å²) in [6.45, 7) is 15.7. The minimum Gasteiger partial charge on any atom is -0.422 e. The zero-order valence-corrected chi connectivity index (χ0v) is 43.0. The SMILES string of the molecule is CCCOP1(Oc2ccccc2C)=NP(Oc2ccccc2C)(Oc2ccccc2C)=NP(Oc2ccccc2C)(Oc2ccccc2C)=NP(Oc2ccccc2C)(Oc2ccccc2C)=N1. The number of benzene rings is 7. The van der Waals surface area contributed by atoms with Crippen molar-refractivity contribution in [3.63, 3.8) is 0 Å². The molecular formula is C52H56N4O8P4. The van der Waals surface area contributed by atoms with E-state index in [1.165, 1.54) is 0 Å². The van der Waals surface area contributed by atoms with Gasteiger partial charge in [-0.15, -0.1) is 9.03 Å². The molecule has 0 aliphatic carbocycles. The van der Waals surface area contributed by atoms with Crippen molar-refractivity contribution in [3.05, 3.63) is 209 Å². The van der Waals surface area contributed by atoms with Gasteiger partial charge < -0.3 is 31.7 Å². The molecule has 12 nitrogen and oxygen atoms in total. The van der Waals surface area contributed by atoms with Crippen LogP contribution >= 0.6 is 30.6 Å². The number of hydrogen-bond acceptors (Lipinski definition) is 12. The molecule has 0 saturated heterocycles. The molecule has 1 unspecified atom stereocenters. The Kier molecular flexibility index (Phi) is 15.1. The Bertz CT molecular complexity index is 2930. The number of para-hydroxylation sites is 7. The van der Waals surface area contributed by atoms with Gasteiger partial charge in [-0.25, -0.2) is 0 Å². The van der Waals surface area contributed by atoms with Crippen molar-refractivity contribution in [2.75, 3.05) is 6.61 Å². The molecule has 0 amide bonds. The summed E-state index contributed by atoms with van der Waals surface area (Å²) in [4.78, 5) is 0. The van der Waals surface area contributed by atoms with Gasteiger partial charge in [-0.05, 0) is 136 Å². The normalized spacial score (nSPS) is 16.7. The van der Waals surface area contributed by atoms with Crippen LogP contribution in [0.3, 0.4) is 0 Å². The largest absolute Gasteiger partial charge is 0.460 e. The fraction of sp³-hybridized carbons (Fsp3) is 0.192. The van der Waals surface area contributed by atoms with E-state index in [4.69, 9.17) is 54.3 Å². The summed E-state index contributed by atoms with van der Waals surface area (Å²) in [6, 6.07) is 53.2. The number of rotatable bonds is 17. The van der Waals surface area contributed by atoms with E-state index >= 15 is 0 Å². The van der Waals surface area contributed by atoms with Gasteiger partial charge in [-0.2, -0.15) is 0 Å². The second-order valence-corrected chi connectivity index (χ2v) is 24.5. The van der Waals surface area contributed by atoms with E-state index in [-0.39, 0.29) is 6.61 Å². The highest BCUT2D eigenvalue weighted by Gasteiger charge is 2.49. The summed E-state index contributed by atoms with van der Waals surface area (Å²) in [5.74, 6) is 3.05. The molecule has 1 heterocycles. The van der Waals surface area contributed by atoms with Crippen LogP contribution in [-0.2, 0) is 4.52 Å². The molecule has 16 heteroatoms. The molecule has 1 aliphatic heterocycles. The maximum absolute atomic E-state index is 7.34. The lowest BCUT2D eigenvalue weighted by Gasteiger charge is -2.34. The summed E-state index contributed by atoms with van der Waals surface area (Å²) in [7, 11) is -17.4. The van der Waals surface area contributed by atoms with Crippen molar-refractivity contribution < 1.29 is 36.2 Å². The average molecular weight is 989 g/mol. The Morgan fingerprint density at radius 3 is 0.662 bits per heavy atom. The van der Waals surface area contributed by atoms with Crippen molar-refractivity contribution in [2.24, 2.45) is 18.1 Å². The van der Waals surface area contributed by atoms with Crippen LogP contribution < -0.4 is 31.7 Å². The molecular weight excluding hydrogens is 932 g/mol. The molecule has 0 spiro atoms. The van der Waals surface area contributed by atoms with Gasteiger partial charge >= 0.3 is 30.6 Å². The van der Waals surface area contributed by atoms with Crippen LogP contribution in [0.2, 0.25) is 0 Å². The van der Waals surface area contributed by atoms with E-state index in [9.17, 15) is 0 Å².